The number of benzene rings is 1. The molecule has 2 heterocycles. The second-order valence-corrected chi connectivity index (χ2v) is 5.18. The summed E-state index contributed by atoms with van der Waals surface area (Å²) in [5, 5.41) is 9.72. The van der Waals surface area contributed by atoms with Gasteiger partial charge in [-0.1, -0.05) is 11.6 Å². The fraction of sp³-hybridized carbons (Fsp3) is 0.0667. The predicted octanol–water partition coefficient (Wildman–Crippen LogP) is 2.59. The van der Waals surface area contributed by atoms with E-state index >= 15 is 0 Å². The highest BCUT2D eigenvalue weighted by molar-refractivity contribution is 6.29. The lowest BCUT2D eigenvalue weighted by Gasteiger charge is -2.05. The number of anilines is 2. The van der Waals surface area contributed by atoms with Gasteiger partial charge in [0.05, 0.1) is 6.20 Å². The second-order valence-electron chi connectivity index (χ2n) is 4.80. The lowest BCUT2D eigenvalue weighted by molar-refractivity contribution is -0.114. The standard InChI is InChI=1S/C15H12ClN5O2/c1-9(22)17-10-2-4-11(5-3-10)18-15(23)12-8-21-14(19-12)7-6-13(16)20-21/h2-8H,1H3,(H,17,22)(H,18,23). The molecule has 8 heteroatoms. The first kappa shape index (κ1) is 15.0. The maximum atomic E-state index is 12.2. The summed E-state index contributed by atoms with van der Waals surface area (Å²) in [6.45, 7) is 1.43. The molecule has 0 spiro atoms. The van der Waals surface area contributed by atoms with Crippen LogP contribution in [-0.4, -0.2) is 26.4 Å². The molecular weight excluding hydrogens is 318 g/mol. The molecule has 0 bridgehead atoms. The monoisotopic (exact) mass is 329 g/mol. The summed E-state index contributed by atoms with van der Waals surface area (Å²) >= 11 is 5.80. The third-order valence-electron chi connectivity index (χ3n) is 2.98. The fourth-order valence-electron chi connectivity index (χ4n) is 2.00. The van der Waals surface area contributed by atoms with Crippen LogP contribution in [0.2, 0.25) is 5.15 Å². The molecule has 0 radical (unpaired) electrons. The molecule has 3 rings (SSSR count). The Kier molecular flexibility index (Phi) is 3.94. The van der Waals surface area contributed by atoms with Crippen molar-refractivity contribution in [3.8, 4) is 0 Å². The first-order valence-corrected chi connectivity index (χ1v) is 7.10. The lowest BCUT2D eigenvalue weighted by Crippen LogP contribution is -2.12. The SMILES string of the molecule is CC(=O)Nc1ccc(NC(=O)c2cn3nc(Cl)ccc3n2)cc1. The van der Waals surface area contributed by atoms with Crippen molar-refractivity contribution in [3.05, 3.63) is 53.4 Å². The van der Waals surface area contributed by atoms with Gasteiger partial charge in [-0.15, -0.1) is 0 Å². The number of nitrogens with one attached hydrogen (secondary N) is 2. The number of carbonyl (C=O) groups excluding carboxylic acids is 2. The highest BCUT2D eigenvalue weighted by Gasteiger charge is 2.12. The maximum Gasteiger partial charge on any atom is 0.275 e. The molecule has 2 aromatic heterocycles. The zero-order valence-electron chi connectivity index (χ0n) is 12.1. The van der Waals surface area contributed by atoms with Gasteiger partial charge in [-0.25, -0.2) is 9.50 Å². The topological polar surface area (TPSA) is 88.4 Å². The van der Waals surface area contributed by atoms with Crippen LogP contribution >= 0.6 is 11.6 Å². The Balaban J connectivity index is 1.76. The van der Waals surface area contributed by atoms with Crippen LogP contribution < -0.4 is 10.6 Å². The quantitative estimate of drug-likeness (QED) is 0.773. The number of hydrogen-bond donors (Lipinski definition) is 2. The van der Waals surface area contributed by atoms with Gasteiger partial charge in [0.15, 0.2) is 5.65 Å². The summed E-state index contributed by atoms with van der Waals surface area (Å²) < 4.78 is 1.44. The Labute approximate surface area is 136 Å². The largest absolute Gasteiger partial charge is 0.326 e. The van der Waals surface area contributed by atoms with Crippen LogP contribution in [0.15, 0.2) is 42.6 Å². The van der Waals surface area contributed by atoms with Gasteiger partial charge >= 0.3 is 0 Å². The molecular formula is C15H12ClN5O2. The Morgan fingerprint density at radius 1 is 1.04 bits per heavy atom. The molecule has 2 N–H and O–H groups in total. The van der Waals surface area contributed by atoms with E-state index in [9.17, 15) is 9.59 Å². The highest BCUT2D eigenvalue weighted by atomic mass is 35.5. The first-order chi connectivity index (χ1) is 11.0. The molecule has 0 atom stereocenters. The van der Waals surface area contributed by atoms with E-state index in [1.165, 1.54) is 17.6 Å². The van der Waals surface area contributed by atoms with Crippen molar-refractivity contribution < 1.29 is 9.59 Å². The summed E-state index contributed by atoms with van der Waals surface area (Å²) in [4.78, 5) is 27.4. The number of carbonyl (C=O) groups is 2. The van der Waals surface area contributed by atoms with Gasteiger partial charge in [0.2, 0.25) is 5.91 Å². The van der Waals surface area contributed by atoms with E-state index in [2.05, 4.69) is 20.7 Å². The van der Waals surface area contributed by atoms with E-state index in [0.717, 1.165) is 0 Å². The highest BCUT2D eigenvalue weighted by Crippen LogP contribution is 2.15. The average molecular weight is 330 g/mol. The normalized spacial score (nSPS) is 10.5. The van der Waals surface area contributed by atoms with Crippen molar-refractivity contribution in [1.29, 1.82) is 0 Å². The van der Waals surface area contributed by atoms with Crippen molar-refractivity contribution in [2.75, 3.05) is 10.6 Å². The van der Waals surface area contributed by atoms with E-state index in [0.29, 0.717) is 22.2 Å². The van der Waals surface area contributed by atoms with Crippen LogP contribution in [0.1, 0.15) is 17.4 Å². The van der Waals surface area contributed by atoms with Crippen molar-refractivity contribution in [2.24, 2.45) is 0 Å². The van der Waals surface area contributed by atoms with Gasteiger partial charge in [-0.2, -0.15) is 5.10 Å². The van der Waals surface area contributed by atoms with Gasteiger partial charge < -0.3 is 10.6 Å². The van der Waals surface area contributed by atoms with E-state index in [1.54, 1.807) is 36.4 Å². The summed E-state index contributed by atoms with van der Waals surface area (Å²) in [5.74, 6) is -0.517. The second kappa shape index (κ2) is 6.05. The number of hydrogen-bond acceptors (Lipinski definition) is 4. The van der Waals surface area contributed by atoms with E-state index in [-0.39, 0.29) is 17.5 Å². The van der Waals surface area contributed by atoms with Crippen LogP contribution in [0.4, 0.5) is 11.4 Å². The van der Waals surface area contributed by atoms with Gasteiger partial charge in [0.1, 0.15) is 10.8 Å². The van der Waals surface area contributed by atoms with Gasteiger partial charge in [-0.3, -0.25) is 9.59 Å². The Bertz CT molecular complexity index is 889. The van der Waals surface area contributed by atoms with Crippen molar-refractivity contribution in [3.63, 3.8) is 0 Å². The van der Waals surface area contributed by atoms with Gasteiger partial charge in [0.25, 0.3) is 5.91 Å². The molecule has 116 valence electrons. The zero-order valence-corrected chi connectivity index (χ0v) is 12.8. The lowest BCUT2D eigenvalue weighted by atomic mass is 10.2. The fourth-order valence-corrected chi connectivity index (χ4v) is 2.15. The number of aromatic nitrogens is 3. The van der Waals surface area contributed by atoms with Crippen LogP contribution in [0.3, 0.4) is 0 Å². The molecule has 0 aliphatic rings. The molecule has 7 nitrogen and oxygen atoms in total. The first-order valence-electron chi connectivity index (χ1n) is 6.72. The van der Waals surface area contributed by atoms with Crippen LogP contribution in [0.5, 0.6) is 0 Å². The van der Waals surface area contributed by atoms with Crippen LogP contribution in [-0.2, 0) is 4.79 Å². The summed E-state index contributed by atoms with van der Waals surface area (Å²) in [7, 11) is 0. The summed E-state index contributed by atoms with van der Waals surface area (Å²) in [6, 6.07) is 10.0. The molecule has 0 unspecified atom stereocenters. The molecule has 2 amide bonds. The predicted molar refractivity (Wildman–Crippen MR) is 86.7 cm³/mol. The maximum absolute atomic E-state index is 12.2. The number of fused-ring (bicyclic) bond motifs is 1. The minimum Gasteiger partial charge on any atom is -0.326 e. The number of imidazole rings is 1. The Hall–Kier alpha value is -2.93. The molecule has 0 fully saturated rings. The smallest absolute Gasteiger partial charge is 0.275 e. The third kappa shape index (κ3) is 3.46. The molecule has 0 aliphatic carbocycles. The summed E-state index contributed by atoms with van der Waals surface area (Å²) in [6.07, 6.45) is 1.50. The van der Waals surface area contributed by atoms with Gasteiger partial charge in [0, 0.05) is 18.3 Å². The van der Waals surface area contributed by atoms with E-state index < -0.39 is 0 Å². The van der Waals surface area contributed by atoms with E-state index in [4.69, 9.17) is 11.6 Å². The molecule has 3 aromatic rings. The average Bonchev–Trinajstić information content (AvgIpc) is 2.92. The molecule has 0 aliphatic heterocycles. The number of amides is 2. The van der Waals surface area contributed by atoms with Crippen molar-refractivity contribution in [2.45, 2.75) is 6.92 Å². The van der Waals surface area contributed by atoms with E-state index in [1.807, 2.05) is 0 Å². The molecule has 23 heavy (non-hydrogen) atoms. The summed E-state index contributed by atoms with van der Waals surface area (Å²) in [5.41, 5.74) is 2.00. The van der Waals surface area contributed by atoms with Crippen LogP contribution in [0, 0.1) is 0 Å². The molecule has 0 saturated carbocycles. The zero-order chi connectivity index (χ0) is 16.4. The number of halogens is 1. The van der Waals surface area contributed by atoms with Crippen LogP contribution in [0.25, 0.3) is 5.65 Å². The van der Waals surface area contributed by atoms with Crippen molar-refractivity contribution in [1.82, 2.24) is 14.6 Å². The third-order valence-corrected chi connectivity index (χ3v) is 3.18. The number of nitrogens with zero attached hydrogens (tertiary/aromatic N) is 3. The molecule has 0 saturated heterocycles. The molecule has 1 aromatic carbocycles. The van der Waals surface area contributed by atoms with Crippen molar-refractivity contribution >= 4 is 40.4 Å². The van der Waals surface area contributed by atoms with Gasteiger partial charge in [-0.05, 0) is 36.4 Å². The number of rotatable bonds is 3. The Morgan fingerprint density at radius 2 is 1.70 bits per heavy atom. The minimum atomic E-state index is -0.362. The minimum absolute atomic E-state index is 0.155. The Morgan fingerprint density at radius 3 is 2.35 bits per heavy atom.